The van der Waals surface area contributed by atoms with Crippen molar-refractivity contribution in [1.82, 2.24) is 29.8 Å². The molecule has 3 saturated heterocycles. The molecule has 3 rings (SSSR count). The molecule has 0 bridgehead atoms. The number of rotatable bonds is 5. The van der Waals surface area contributed by atoms with Crippen molar-refractivity contribution < 1.29 is 0 Å². The van der Waals surface area contributed by atoms with E-state index >= 15 is 0 Å². The third kappa shape index (κ3) is 17.3. The van der Waals surface area contributed by atoms with Crippen LogP contribution in [0.5, 0.6) is 0 Å². The third-order valence-electron chi connectivity index (χ3n) is 7.80. The van der Waals surface area contributed by atoms with E-state index in [-0.39, 0.29) is 0 Å². The van der Waals surface area contributed by atoms with Crippen molar-refractivity contribution >= 4 is 0 Å². The van der Waals surface area contributed by atoms with Crippen LogP contribution in [0.25, 0.3) is 0 Å². The molecule has 0 radical (unpaired) electrons. The Morgan fingerprint density at radius 1 is 0.667 bits per heavy atom. The van der Waals surface area contributed by atoms with Crippen LogP contribution in [0, 0.1) is 0 Å². The summed E-state index contributed by atoms with van der Waals surface area (Å²) in [5.74, 6) is 0. The topological polar surface area (TPSA) is 54.3 Å². The van der Waals surface area contributed by atoms with Crippen LogP contribution in [0.3, 0.4) is 0 Å². The van der Waals surface area contributed by atoms with Gasteiger partial charge < -0.3 is 25.8 Å². The van der Waals surface area contributed by atoms with E-state index in [0.717, 1.165) is 25.2 Å². The summed E-state index contributed by atoms with van der Waals surface area (Å²) in [6.45, 7) is 33.5. The largest absolute Gasteiger partial charge is 0.328 e. The highest BCUT2D eigenvalue weighted by Gasteiger charge is 2.18. The molecule has 3 fully saturated rings. The average molecular weight is 514 g/mol. The first kappa shape index (κ1) is 35.7. The molecule has 0 aromatic rings. The first-order valence-corrected chi connectivity index (χ1v) is 15.0. The van der Waals surface area contributed by atoms with Crippen LogP contribution in [-0.4, -0.2) is 141 Å². The van der Waals surface area contributed by atoms with Gasteiger partial charge in [0.15, 0.2) is 0 Å². The summed E-state index contributed by atoms with van der Waals surface area (Å²) in [6, 6.07) is 3.31. The normalized spacial score (nSPS) is 21.2. The minimum atomic E-state index is 0.468. The van der Waals surface area contributed by atoms with Crippen LogP contribution in [0.15, 0.2) is 0 Å². The number of nitrogens with one attached hydrogen (secondary N) is 1. The zero-order valence-electron chi connectivity index (χ0n) is 26.4. The van der Waals surface area contributed by atoms with Gasteiger partial charge in [-0.2, -0.15) is 0 Å². The van der Waals surface area contributed by atoms with Crippen molar-refractivity contribution in [3.63, 3.8) is 0 Å². The summed E-state index contributed by atoms with van der Waals surface area (Å²) in [4.78, 5) is 12.2. The molecule has 0 aromatic heterocycles. The lowest BCUT2D eigenvalue weighted by Gasteiger charge is -2.36. The van der Waals surface area contributed by atoms with Gasteiger partial charge in [0.05, 0.1) is 0 Å². The quantitative estimate of drug-likeness (QED) is 0.586. The molecule has 3 N–H and O–H groups in total. The molecule has 0 aromatic carbocycles. The number of nitrogens with two attached hydrogens (primary N) is 1. The monoisotopic (exact) mass is 514 g/mol. The molecule has 0 unspecified atom stereocenters. The van der Waals surface area contributed by atoms with Crippen LogP contribution in [-0.2, 0) is 0 Å². The minimum absolute atomic E-state index is 0.468. The molecule has 3 aliphatic rings. The first-order valence-electron chi connectivity index (χ1n) is 15.0. The Morgan fingerprint density at radius 3 is 1.33 bits per heavy atom. The Hall–Kier alpha value is -0.280. The number of hydrogen-bond acceptors (Lipinski definition) is 7. The van der Waals surface area contributed by atoms with Crippen molar-refractivity contribution in [2.24, 2.45) is 5.73 Å². The molecule has 36 heavy (non-hydrogen) atoms. The lowest BCUT2D eigenvalue weighted by Crippen LogP contribution is -2.48. The Kier molecular flexibility index (Phi) is 20.5. The van der Waals surface area contributed by atoms with Gasteiger partial charge in [0.2, 0.25) is 0 Å². The predicted molar refractivity (Wildman–Crippen MR) is 161 cm³/mol. The standard InChI is InChI=1S/C9H20N2.C8H18N2.C7H16N2.C5H13N/c1-4-10-5-7-11(8-6-10)9(2)3;1-7(2)10-5-3-8(9)4-6-10;1-7(2)9-5-3-8-4-6-9;1-5(2)6(3)4/h9H,4-8H2,1-3H3;7-8H,3-6,9H2,1-2H3;7-8H,3-6H2,1-2H3;5H,1-4H3. The smallest absolute Gasteiger partial charge is 0.0113 e. The van der Waals surface area contributed by atoms with Gasteiger partial charge >= 0.3 is 0 Å². The van der Waals surface area contributed by atoms with Crippen LogP contribution < -0.4 is 11.1 Å². The Labute approximate surface area is 227 Å². The molecule has 0 amide bonds. The molecular formula is C29H67N7. The Balaban J connectivity index is 0.000000464. The van der Waals surface area contributed by atoms with E-state index in [1.165, 1.54) is 71.7 Å². The molecule has 7 nitrogen and oxygen atoms in total. The molecule has 0 saturated carbocycles. The molecule has 0 spiro atoms. The van der Waals surface area contributed by atoms with Gasteiger partial charge in [0.1, 0.15) is 0 Å². The van der Waals surface area contributed by atoms with E-state index in [1.807, 2.05) is 0 Å². The van der Waals surface area contributed by atoms with Gasteiger partial charge in [-0.1, -0.05) is 6.92 Å². The lowest BCUT2D eigenvalue weighted by atomic mass is 10.1. The Morgan fingerprint density at radius 2 is 1.03 bits per heavy atom. The van der Waals surface area contributed by atoms with Gasteiger partial charge in [0.25, 0.3) is 0 Å². The number of piperidine rings is 1. The van der Waals surface area contributed by atoms with Crippen molar-refractivity contribution in [2.45, 2.75) is 105 Å². The van der Waals surface area contributed by atoms with E-state index in [0.29, 0.717) is 18.1 Å². The van der Waals surface area contributed by atoms with Crippen LogP contribution in [0.1, 0.15) is 75.2 Å². The lowest BCUT2D eigenvalue weighted by molar-refractivity contribution is 0.112. The second-order valence-electron chi connectivity index (χ2n) is 12.0. The van der Waals surface area contributed by atoms with Crippen molar-refractivity contribution in [2.75, 3.05) is 86.1 Å². The maximum Gasteiger partial charge on any atom is 0.0113 e. The molecule has 0 atom stereocenters. The highest BCUT2D eigenvalue weighted by Crippen LogP contribution is 2.10. The molecule has 3 aliphatic heterocycles. The first-order chi connectivity index (χ1) is 16.9. The van der Waals surface area contributed by atoms with E-state index < -0.39 is 0 Å². The average Bonchev–Trinajstić information content (AvgIpc) is 2.86. The van der Waals surface area contributed by atoms with Crippen LogP contribution >= 0.6 is 0 Å². The fourth-order valence-corrected chi connectivity index (χ4v) is 4.23. The van der Waals surface area contributed by atoms with Crippen molar-refractivity contribution in [3.05, 3.63) is 0 Å². The Bertz CT molecular complexity index is 468. The summed E-state index contributed by atoms with van der Waals surface area (Å²) >= 11 is 0. The second kappa shape index (κ2) is 20.7. The van der Waals surface area contributed by atoms with E-state index in [2.05, 4.69) is 106 Å². The highest BCUT2D eigenvalue weighted by atomic mass is 15.3. The number of piperazine rings is 2. The molecule has 0 aliphatic carbocycles. The summed E-state index contributed by atoms with van der Waals surface area (Å²) < 4.78 is 0. The second-order valence-corrected chi connectivity index (χ2v) is 12.0. The summed E-state index contributed by atoms with van der Waals surface area (Å²) in [5, 5.41) is 3.33. The van der Waals surface area contributed by atoms with Gasteiger partial charge in [-0.05, 0) is 102 Å². The maximum atomic E-state index is 5.77. The van der Waals surface area contributed by atoms with E-state index in [4.69, 9.17) is 5.73 Å². The number of hydrogen-bond donors (Lipinski definition) is 2. The zero-order valence-corrected chi connectivity index (χ0v) is 26.4. The number of likely N-dealkylation sites (N-methyl/N-ethyl adjacent to an activating group) is 1. The summed E-state index contributed by atoms with van der Waals surface area (Å²) in [7, 11) is 4.15. The molecule has 218 valence electrons. The van der Waals surface area contributed by atoms with Crippen molar-refractivity contribution in [3.8, 4) is 0 Å². The maximum absolute atomic E-state index is 5.77. The SMILES string of the molecule is CC(C)N(C)C.CC(C)N1CCC(N)CC1.CC(C)N1CCNCC1.CCN1CCN(C(C)C)CC1. The van der Waals surface area contributed by atoms with Gasteiger partial charge in [-0.25, -0.2) is 0 Å². The van der Waals surface area contributed by atoms with Gasteiger partial charge in [0, 0.05) is 82.6 Å². The predicted octanol–water partition coefficient (Wildman–Crippen LogP) is 3.11. The van der Waals surface area contributed by atoms with Gasteiger partial charge in [-0.15, -0.1) is 0 Å². The minimum Gasteiger partial charge on any atom is -0.328 e. The molecule has 3 heterocycles. The summed E-state index contributed by atoms with van der Waals surface area (Å²) in [6.07, 6.45) is 2.36. The summed E-state index contributed by atoms with van der Waals surface area (Å²) in [5.41, 5.74) is 5.77. The van der Waals surface area contributed by atoms with E-state index in [1.54, 1.807) is 0 Å². The van der Waals surface area contributed by atoms with Crippen LogP contribution in [0.4, 0.5) is 0 Å². The zero-order chi connectivity index (χ0) is 27.7. The fourth-order valence-electron chi connectivity index (χ4n) is 4.23. The number of likely N-dealkylation sites (tertiary alicyclic amines) is 1. The number of nitrogens with zero attached hydrogens (tertiary/aromatic N) is 5. The fraction of sp³-hybridized carbons (Fsp3) is 1.00. The molecular weight excluding hydrogens is 446 g/mol. The van der Waals surface area contributed by atoms with Crippen molar-refractivity contribution in [1.29, 1.82) is 0 Å². The highest BCUT2D eigenvalue weighted by molar-refractivity contribution is 4.76. The van der Waals surface area contributed by atoms with E-state index in [9.17, 15) is 0 Å². The molecule has 7 heteroatoms. The third-order valence-corrected chi connectivity index (χ3v) is 7.80. The van der Waals surface area contributed by atoms with Gasteiger partial charge in [-0.3, -0.25) is 9.80 Å². The van der Waals surface area contributed by atoms with Crippen LogP contribution in [0.2, 0.25) is 0 Å².